The largest absolute Gasteiger partial charge is 0.466 e. The first-order valence-corrected chi connectivity index (χ1v) is 6.05. The fourth-order valence-corrected chi connectivity index (χ4v) is 1.76. The number of hydrogen-bond acceptors (Lipinski definition) is 5. The molecule has 0 aromatic carbocycles. The number of fused-ring (bicyclic) bond motifs is 1. The molecule has 0 unspecified atom stereocenters. The first-order chi connectivity index (χ1) is 9.61. The highest BCUT2D eigenvalue weighted by molar-refractivity contribution is 5.87. The summed E-state index contributed by atoms with van der Waals surface area (Å²) < 4.78 is 4.79. The van der Waals surface area contributed by atoms with Crippen LogP contribution in [0.25, 0.3) is 17.1 Å². The van der Waals surface area contributed by atoms with Crippen molar-refractivity contribution in [3.8, 4) is 0 Å². The first-order valence-electron chi connectivity index (χ1n) is 6.05. The third kappa shape index (κ3) is 3.00. The second-order valence-corrected chi connectivity index (χ2v) is 4.01. The number of carbonyl (C=O) groups is 1. The molecule has 0 aliphatic rings. The number of rotatable bonds is 5. The van der Waals surface area contributed by atoms with Crippen LogP contribution in [0.5, 0.6) is 0 Å². The van der Waals surface area contributed by atoms with E-state index in [1.165, 1.54) is 6.20 Å². The number of nitrogens with one attached hydrogen (secondary N) is 1. The van der Waals surface area contributed by atoms with Gasteiger partial charge in [-0.1, -0.05) is 12.2 Å². The quantitative estimate of drug-likeness (QED) is 0.513. The molecule has 2 heterocycles. The van der Waals surface area contributed by atoms with Gasteiger partial charge in [0, 0.05) is 6.20 Å². The van der Waals surface area contributed by atoms with Crippen LogP contribution in [0.3, 0.4) is 0 Å². The Kier molecular flexibility index (Phi) is 4.09. The Morgan fingerprint density at radius 2 is 2.40 bits per heavy atom. The van der Waals surface area contributed by atoms with Crippen LogP contribution in [-0.2, 0) is 9.53 Å². The van der Waals surface area contributed by atoms with Crippen LogP contribution in [0.15, 0.2) is 24.5 Å². The summed E-state index contributed by atoms with van der Waals surface area (Å²) in [4.78, 5) is 28.4. The van der Waals surface area contributed by atoms with Crippen molar-refractivity contribution in [1.82, 2.24) is 9.97 Å². The summed E-state index contributed by atoms with van der Waals surface area (Å²) in [6.07, 6.45) is 6.36. The number of carbonyl (C=O) groups excluding carboxylic acids is 1. The van der Waals surface area contributed by atoms with Gasteiger partial charge in [0.1, 0.15) is 5.65 Å². The van der Waals surface area contributed by atoms with Crippen molar-refractivity contribution in [2.24, 2.45) is 0 Å². The number of nitro groups is 1. The van der Waals surface area contributed by atoms with Crippen molar-refractivity contribution in [3.05, 3.63) is 40.2 Å². The summed E-state index contributed by atoms with van der Waals surface area (Å²) in [5.74, 6) is -0.314. The maximum absolute atomic E-state index is 11.2. The van der Waals surface area contributed by atoms with Gasteiger partial charge in [0.15, 0.2) is 0 Å². The van der Waals surface area contributed by atoms with E-state index >= 15 is 0 Å². The fraction of sp³-hybridized carbons (Fsp3) is 0.231. The third-order valence-electron chi connectivity index (χ3n) is 2.63. The summed E-state index contributed by atoms with van der Waals surface area (Å²) >= 11 is 0. The van der Waals surface area contributed by atoms with E-state index in [0.29, 0.717) is 23.2 Å². The number of esters is 1. The van der Waals surface area contributed by atoms with E-state index in [1.807, 2.05) is 0 Å². The number of H-pyrrole nitrogens is 1. The molecule has 20 heavy (non-hydrogen) atoms. The smallest absolute Gasteiger partial charge is 0.309 e. The van der Waals surface area contributed by atoms with E-state index in [-0.39, 0.29) is 18.1 Å². The number of pyridine rings is 1. The lowest BCUT2D eigenvalue weighted by atomic mass is 10.2. The number of aromatic nitrogens is 2. The molecule has 7 nitrogen and oxygen atoms in total. The van der Waals surface area contributed by atoms with Crippen molar-refractivity contribution in [1.29, 1.82) is 0 Å². The van der Waals surface area contributed by atoms with Gasteiger partial charge in [0.25, 0.3) is 5.69 Å². The highest BCUT2D eigenvalue weighted by Crippen LogP contribution is 2.24. The molecule has 0 radical (unpaired) electrons. The predicted molar refractivity (Wildman–Crippen MR) is 73.0 cm³/mol. The lowest BCUT2D eigenvalue weighted by Crippen LogP contribution is -2.01. The Bertz CT molecular complexity index is 675. The van der Waals surface area contributed by atoms with Crippen LogP contribution in [-0.4, -0.2) is 27.5 Å². The normalized spacial score (nSPS) is 11.1. The third-order valence-corrected chi connectivity index (χ3v) is 2.63. The molecule has 2 rings (SSSR count). The Morgan fingerprint density at radius 3 is 3.10 bits per heavy atom. The van der Waals surface area contributed by atoms with Crippen LogP contribution in [0.1, 0.15) is 18.9 Å². The molecule has 0 bridgehead atoms. The first kappa shape index (κ1) is 13.7. The van der Waals surface area contributed by atoms with Crippen molar-refractivity contribution in [2.45, 2.75) is 13.3 Å². The average Bonchev–Trinajstić information content (AvgIpc) is 2.82. The van der Waals surface area contributed by atoms with E-state index < -0.39 is 4.92 Å². The monoisotopic (exact) mass is 275 g/mol. The average molecular weight is 275 g/mol. The van der Waals surface area contributed by atoms with Gasteiger partial charge < -0.3 is 9.72 Å². The van der Waals surface area contributed by atoms with E-state index in [0.717, 1.165) is 0 Å². The van der Waals surface area contributed by atoms with Crippen LogP contribution in [0.2, 0.25) is 0 Å². The van der Waals surface area contributed by atoms with Crippen molar-refractivity contribution >= 4 is 28.8 Å². The molecule has 0 aliphatic heterocycles. The SMILES string of the molecule is CCOC(=O)CC=Cc1cnc2[nH]cc([N+](=O)[O-])c2c1. The van der Waals surface area contributed by atoms with Gasteiger partial charge in [-0.3, -0.25) is 14.9 Å². The van der Waals surface area contributed by atoms with Gasteiger partial charge in [-0.2, -0.15) is 0 Å². The summed E-state index contributed by atoms with van der Waals surface area (Å²) in [7, 11) is 0. The standard InChI is InChI=1S/C13H13N3O4/c1-2-20-12(17)5-3-4-9-6-10-11(16(18)19)8-15-13(10)14-7-9/h3-4,6-8H,2,5H2,1H3,(H,14,15). The predicted octanol–water partition coefficient (Wildman–Crippen LogP) is 2.44. The van der Waals surface area contributed by atoms with Gasteiger partial charge in [0.2, 0.25) is 0 Å². The van der Waals surface area contributed by atoms with Crippen LogP contribution < -0.4 is 0 Å². The molecular weight excluding hydrogens is 262 g/mol. The summed E-state index contributed by atoms with van der Waals surface area (Å²) in [6, 6.07) is 1.65. The van der Waals surface area contributed by atoms with Gasteiger partial charge in [0.05, 0.1) is 29.5 Å². The van der Waals surface area contributed by atoms with Crippen LogP contribution in [0.4, 0.5) is 5.69 Å². The summed E-state index contributed by atoms with van der Waals surface area (Å²) in [6.45, 7) is 2.08. The van der Waals surface area contributed by atoms with Gasteiger partial charge in [-0.05, 0) is 18.6 Å². The van der Waals surface area contributed by atoms with Crippen LogP contribution in [0, 0.1) is 10.1 Å². The summed E-state index contributed by atoms with van der Waals surface area (Å²) in [5.41, 5.74) is 1.12. The van der Waals surface area contributed by atoms with E-state index in [1.54, 1.807) is 31.3 Å². The Balaban J connectivity index is 2.19. The molecule has 0 fully saturated rings. The maximum atomic E-state index is 11.2. The lowest BCUT2D eigenvalue weighted by molar-refractivity contribution is -0.383. The molecule has 7 heteroatoms. The molecule has 0 atom stereocenters. The van der Waals surface area contributed by atoms with E-state index in [2.05, 4.69) is 9.97 Å². The molecule has 0 saturated heterocycles. The number of aromatic amines is 1. The fourth-order valence-electron chi connectivity index (χ4n) is 1.76. The Morgan fingerprint density at radius 1 is 1.60 bits per heavy atom. The zero-order valence-electron chi connectivity index (χ0n) is 10.8. The highest BCUT2D eigenvalue weighted by Gasteiger charge is 2.14. The molecule has 0 amide bonds. The minimum atomic E-state index is -0.466. The van der Waals surface area contributed by atoms with Crippen molar-refractivity contribution in [2.75, 3.05) is 6.61 Å². The molecular formula is C13H13N3O4. The topological polar surface area (TPSA) is 98.1 Å². The summed E-state index contributed by atoms with van der Waals surface area (Å²) in [5, 5.41) is 11.3. The molecule has 0 spiro atoms. The Labute approximate surface area is 114 Å². The molecule has 0 saturated carbocycles. The molecule has 2 aromatic rings. The second-order valence-electron chi connectivity index (χ2n) is 4.01. The number of nitrogens with zero attached hydrogens (tertiary/aromatic N) is 2. The Hall–Kier alpha value is -2.70. The van der Waals surface area contributed by atoms with Gasteiger partial charge in [-0.25, -0.2) is 4.98 Å². The lowest BCUT2D eigenvalue weighted by Gasteiger charge is -1.97. The zero-order chi connectivity index (χ0) is 14.5. The van der Waals surface area contributed by atoms with Crippen LogP contribution >= 0.6 is 0 Å². The van der Waals surface area contributed by atoms with Gasteiger partial charge >= 0.3 is 5.97 Å². The molecule has 2 aromatic heterocycles. The minimum absolute atomic E-state index is 0.0202. The van der Waals surface area contributed by atoms with Crippen molar-refractivity contribution < 1.29 is 14.5 Å². The zero-order valence-corrected chi connectivity index (χ0v) is 10.8. The number of ether oxygens (including phenoxy) is 1. The van der Waals surface area contributed by atoms with E-state index in [4.69, 9.17) is 4.74 Å². The minimum Gasteiger partial charge on any atom is -0.466 e. The van der Waals surface area contributed by atoms with Gasteiger partial charge in [-0.15, -0.1) is 0 Å². The molecule has 104 valence electrons. The maximum Gasteiger partial charge on any atom is 0.309 e. The molecule has 0 aliphatic carbocycles. The van der Waals surface area contributed by atoms with Crippen molar-refractivity contribution in [3.63, 3.8) is 0 Å². The van der Waals surface area contributed by atoms with E-state index in [9.17, 15) is 14.9 Å². The second kappa shape index (κ2) is 5.96. The molecule has 1 N–H and O–H groups in total. The highest BCUT2D eigenvalue weighted by atomic mass is 16.6. The number of hydrogen-bond donors (Lipinski definition) is 1.